The first-order valence-corrected chi connectivity index (χ1v) is 9.80. The zero-order chi connectivity index (χ0) is 19.6. The lowest BCUT2D eigenvalue weighted by Gasteiger charge is -2.33. The standard InChI is InChI=1S/C22H31NO4/c1-15(2)6-7-16-12-17(13-19(26-4)20(16)24)21(25)27-14-18-8-11-23-10-5-9-22(18,23)3/h6,12-13,18,24H,5,7-11,14H2,1-4H3/t18-,22-/m1/s1. The van der Waals surface area contributed by atoms with Crippen LogP contribution in [0.4, 0.5) is 0 Å². The summed E-state index contributed by atoms with van der Waals surface area (Å²) in [4.78, 5) is 15.2. The van der Waals surface area contributed by atoms with Crippen LogP contribution in [-0.2, 0) is 11.2 Å². The summed E-state index contributed by atoms with van der Waals surface area (Å²) in [5.41, 5.74) is 2.41. The van der Waals surface area contributed by atoms with Crippen molar-refractivity contribution in [3.63, 3.8) is 0 Å². The number of hydrogen-bond acceptors (Lipinski definition) is 5. The number of phenolic OH excluding ortho intramolecular Hbond substituents is 1. The van der Waals surface area contributed by atoms with Crippen LogP contribution in [0.15, 0.2) is 23.8 Å². The summed E-state index contributed by atoms with van der Waals surface area (Å²) in [7, 11) is 1.49. The molecule has 0 bridgehead atoms. The summed E-state index contributed by atoms with van der Waals surface area (Å²) >= 11 is 0. The first kappa shape index (κ1) is 19.7. The van der Waals surface area contributed by atoms with Gasteiger partial charge < -0.3 is 14.6 Å². The topological polar surface area (TPSA) is 59.0 Å². The Balaban J connectivity index is 1.72. The number of benzene rings is 1. The first-order chi connectivity index (χ1) is 12.8. The van der Waals surface area contributed by atoms with Crippen LogP contribution in [0.25, 0.3) is 0 Å². The van der Waals surface area contributed by atoms with Gasteiger partial charge in [0, 0.05) is 17.0 Å². The smallest absolute Gasteiger partial charge is 0.338 e. The molecule has 27 heavy (non-hydrogen) atoms. The second kappa shape index (κ2) is 7.93. The van der Waals surface area contributed by atoms with Crippen molar-refractivity contribution >= 4 is 5.97 Å². The minimum atomic E-state index is -0.355. The van der Waals surface area contributed by atoms with Crippen LogP contribution in [0.3, 0.4) is 0 Å². The SMILES string of the molecule is COc1cc(C(=O)OC[C@H]2CCN3CCC[C@]23C)cc(CC=C(C)C)c1O. The molecule has 0 amide bonds. The minimum absolute atomic E-state index is 0.0800. The summed E-state index contributed by atoms with van der Waals surface area (Å²) < 4.78 is 10.9. The summed E-state index contributed by atoms with van der Waals surface area (Å²) in [5, 5.41) is 10.3. The Bertz CT molecular complexity index is 738. The average Bonchev–Trinajstić information content (AvgIpc) is 3.15. The van der Waals surface area contributed by atoms with E-state index in [1.165, 1.54) is 20.0 Å². The predicted molar refractivity (Wildman–Crippen MR) is 105 cm³/mol. The molecule has 2 saturated heterocycles. The lowest BCUT2D eigenvalue weighted by atomic mass is 9.85. The van der Waals surface area contributed by atoms with Crippen LogP contribution in [0.5, 0.6) is 11.5 Å². The normalized spacial score (nSPS) is 24.5. The van der Waals surface area contributed by atoms with Crippen LogP contribution < -0.4 is 4.74 Å². The van der Waals surface area contributed by atoms with Crippen molar-refractivity contribution in [3.8, 4) is 11.5 Å². The number of methoxy groups -OCH3 is 1. The average molecular weight is 373 g/mol. The molecule has 5 heteroatoms. The van der Waals surface area contributed by atoms with Crippen molar-refractivity contribution in [2.45, 2.75) is 52.0 Å². The highest BCUT2D eigenvalue weighted by molar-refractivity contribution is 5.90. The Morgan fingerprint density at radius 3 is 2.85 bits per heavy atom. The van der Waals surface area contributed by atoms with Gasteiger partial charge in [0.05, 0.1) is 19.3 Å². The Labute approximate surface area is 162 Å². The van der Waals surface area contributed by atoms with E-state index in [1.54, 1.807) is 12.1 Å². The van der Waals surface area contributed by atoms with Crippen molar-refractivity contribution in [2.24, 2.45) is 5.92 Å². The van der Waals surface area contributed by atoms with Gasteiger partial charge in [0.2, 0.25) is 0 Å². The van der Waals surface area contributed by atoms with Gasteiger partial charge in [-0.1, -0.05) is 11.6 Å². The predicted octanol–water partition coefficient (Wildman–Crippen LogP) is 3.94. The van der Waals surface area contributed by atoms with Crippen LogP contribution in [-0.4, -0.2) is 48.3 Å². The molecule has 0 aliphatic carbocycles. The molecule has 0 radical (unpaired) electrons. The first-order valence-electron chi connectivity index (χ1n) is 9.80. The molecule has 1 aromatic rings. The van der Waals surface area contributed by atoms with Gasteiger partial charge in [-0.15, -0.1) is 0 Å². The molecule has 2 aliphatic rings. The molecule has 0 saturated carbocycles. The van der Waals surface area contributed by atoms with Gasteiger partial charge in [-0.2, -0.15) is 0 Å². The van der Waals surface area contributed by atoms with Crippen molar-refractivity contribution < 1.29 is 19.4 Å². The van der Waals surface area contributed by atoms with Crippen LogP contribution >= 0.6 is 0 Å². The van der Waals surface area contributed by atoms with Crippen LogP contribution in [0.2, 0.25) is 0 Å². The van der Waals surface area contributed by atoms with E-state index in [4.69, 9.17) is 9.47 Å². The van der Waals surface area contributed by atoms with Gasteiger partial charge >= 0.3 is 5.97 Å². The highest BCUT2D eigenvalue weighted by Gasteiger charge is 2.47. The zero-order valence-corrected chi connectivity index (χ0v) is 16.9. The largest absolute Gasteiger partial charge is 0.504 e. The maximum atomic E-state index is 12.7. The lowest BCUT2D eigenvalue weighted by molar-refractivity contribution is 0.0346. The third-order valence-corrected chi connectivity index (χ3v) is 6.22. The fourth-order valence-electron chi connectivity index (χ4n) is 4.42. The van der Waals surface area contributed by atoms with Crippen molar-refractivity contribution in [1.29, 1.82) is 0 Å². The monoisotopic (exact) mass is 373 g/mol. The van der Waals surface area contributed by atoms with E-state index in [1.807, 2.05) is 19.9 Å². The molecular weight excluding hydrogens is 342 g/mol. The molecule has 1 N–H and O–H groups in total. The van der Waals surface area contributed by atoms with Gasteiger partial charge in [0.25, 0.3) is 0 Å². The number of phenols is 1. The molecule has 0 spiro atoms. The Morgan fingerprint density at radius 1 is 1.37 bits per heavy atom. The van der Waals surface area contributed by atoms with Crippen LogP contribution in [0, 0.1) is 5.92 Å². The molecule has 2 aliphatic heterocycles. The molecule has 2 fully saturated rings. The van der Waals surface area contributed by atoms with E-state index in [0.29, 0.717) is 35.8 Å². The number of allylic oxidation sites excluding steroid dienone is 2. The van der Waals surface area contributed by atoms with Gasteiger partial charge in [-0.05, 0) is 71.7 Å². The maximum absolute atomic E-state index is 12.7. The number of esters is 1. The molecule has 2 heterocycles. The molecule has 3 rings (SSSR count). The zero-order valence-electron chi connectivity index (χ0n) is 16.9. The molecule has 0 aromatic heterocycles. The highest BCUT2D eigenvalue weighted by Crippen LogP contribution is 2.43. The van der Waals surface area contributed by atoms with Crippen LogP contribution in [0.1, 0.15) is 56.0 Å². The second-order valence-corrected chi connectivity index (χ2v) is 8.20. The molecule has 2 atom stereocenters. The van der Waals surface area contributed by atoms with Crippen molar-refractivity contribution in [1.82, 2.24) is 4.90 Å². The number of hydrogen-bond donors (Lipinski definition) is 1. The van der Waals surface area contributed by atoms with E-state index in [9.17, 15) is 9.90 Å². The second-order valence-electron chi connectivity index (χ2n) is 8.20. The number of nitrogens with zero attached hydrogens (tertiary/aromatic N) is 1. The number of rotatable bonds is 6. The fraction of sp³-hybridized carbons (Fsp3) is 0.591. The lowest BCUT2D eigenvalue weighted by Crippen LogP contribution is -2.41. The Morgan fingerprint density at radius 2 is 2.15 bits per heavy atom. The number of carbonyl (C=O) groups excluding carboxylic acids is 1. The van der Waals surface area contributed by atoms with Gasteiger partial charge in [-0.3, -0.25) is 4.90 Å². The van der Waals surface area contributed by atoms with Gasteiger partial charge in [0.1, 0.15) is 0 Å². The van der Waals surface area contributed by atoms with Gasteiger partial charge in [-0.25, -0.2) is 4.79 Å². The summed E-state index contributed by atoms with van der Waals surface area (Å²) in [6.07, 6.45) is 6.03. The maximum Gasteiger partial charge on any atom is 0.338 e. The molecule has 1 aromatic carbocycles. The Hall–Kier alpha value is -2.01. The molecule has 5 nitrogen and oxygen atoms in total. The third kappa shape index (κ3) is 3.98. The summed E-state index contributed by atoms with van der Waals surface area (Å²) in [6.45, 7) is 9.00. The minimum Gasteiger partial charge on any atom is -0.504 e. The van der Waals surface area contributed by atoms with Gasteiger partial charge in [0.15, 0.2) is 11.5 Å². The Kier molecular flexibility index (Phi) is 5.80. The van der Waals surface area contributed by atoms with E-state index in [0.717, 1.165) is 25.1 Å². The van der Waals surface area contributed by atoms with Crippen molar-refractivity contribution in [2.75, 3.05) is 26.8 Å². The molecular formula is C22H31NO4. The fourth-order valence-corrected chi connectivity index (χ4v) is 4.42. The number of carbonyl (C=O) groups is 1. The number of fused-ring (bicyclic) bond motifs is 1. The number of ether oxygens (including phenoxy) is 2. The molecule has 0 unspecified atom stereocenters. The third-order valence-electron chi connectivity index (χ3n) is 6.22. The quantitative estimate of drug-likeness (QED) is 0.605. The molecule has 148 valence electrons. The van der Waals surface area contributed by atoms with E-state index < -0.39 is 0 Å². The summed E-state index contributed by atoms with van der Waals surface area (Å²) in [6, 6.07) is 3.26. The van der Waals surface area contributed by atoms with E-state index in [2.05, 4.69) is 11.8 Å². The van der Waals surface area contributed by atoms with E-state index >= 15 is 0 Å². The van der Waals surface area contributed by atoms with Crippen molar-refractivity contribution in [3.05, 3.63) is 34.9 Å². The highest BCUT2D eigenvalue weighted by atomic mass is 16.5. The van der Waals surface area contributed by atoms with E-state index in [-0.39, 0.29) is 17.3 Å². The number of aromatic hydroxyl groups is 1. The summed E-state index contributed by atoms with van der Waals surface area (Å²) in [5.74, 6) is 0.410.